The molecule has 0 radical (unpaired) electrons. The zero-order chi connectivity index (χ0) is 47.3. The smallest absolute Gasteiger partial charge is 0.159 e. The summed E-state index contributed by atoms with van der Waals surface area (Å²) in [6.07, 6.45) is 32.2. The molecule has 1 aliphatic heterocycles. The van der Waals surface area contributed by atoms with Crippen molar-refractivity contribution in [3.05, 3.63) is 231 Å². The van der Waals surface area contributed by atoms with Crippen LogP contribution in [0, 0.1) is 5.92 Å². The molecule has 5 nitrogen and oxygen atoms in total. The van der Waals surface area contributed by atoms with Crippen molar-refractivity contribution in [3.8, 4) is 11.4 Å². The van der Waals surface area contributed by atoms with Crippen LogP contribution in [-0.4, -0.2) is 20.8 Å². The summed E-state index contributed by atoms with van der Waals surface area (Å²) < 4.78 is 5.06. The molecule has 7 aromatic carbocycles. The number of aryl methyl sites for hydroxylation is 3. The Kier molecular flexibility index (Phi) is 9.74. The predicted molar refractivity (Wildman–Crippen MR) is 300 cm³/mol. The van der Waals surface area contributed by atoms with Crippen molar-refractivity contribution in [1.82, 2.24) is 14.5 Å². The lowest BCUT2D eigenvalue weighted by Crippen LogP contribution is -2.34. The Labute approximate surface area is 420 Å². The van der Waals surface area contributed by atoms with Crippen LogP contribution in [0.5, 0.6) is 0 Å². The second-order valence-corrected chi connectivity index (χ2v) is 20.9. The van der Waals surface area contributed by atoms with Gasteiger partial charge in [-0.2, -0.15) is 0 Å². The van der Waals surface area contributed by atoms with E-state index < -0.39 is 0 Å². The predicted octanol–water partition coefficient (Wildman–Crippen LogP) is 14.1. The topological polar surface area (TPSA) is 46.6 Å². The van der Waals surface area contributed by atoms with Gasteiger partial charge in [0.25, 0.3) is 0 Å². The fourth-order valence-corrected chi connectivity index (χ4v) is 13.2. The lowest BCUT2D eigenvalue weighted by atomic mass is 9.87. The highest BCUT2D eigenvalue weighted by Gasteiger charge is 2.27. The number of nitrogens with one attached hydrogen (secondary N) is 1. The third-order valence-electron chi connectivity index (χ3n) is 16.8. The van der Waals surface area contributed by atoms with Crippen LogP contribution in [0.25, 0.3) is 73.1 Å². The maximum atomic E-state index is 5.47. The van der Waals surface area contributed by atoms with Gasteiger partial charge in [-0.1, -0.05) is 127 Å². The summed E-state index contributed by atoms with van der Waals surface area (Å²) in [7, 11) is 0. The summed E-state index contributed by atoms with van der Waals surface area (Å²) in [5.74, 6) is 2.45. The number of aromatic nitrogens is 2. The molecule has 0 saturated carbocycles. The van der Waals surface area contributed by atoms with Crippen LogP contribution >= 0.6 is 0 Å². The van der Waals surface area contributed by atoms with E-state index >= 15 is 0 Å². The Balaban J connectivity index is 0.905. The molecule has 6 aliphatic rings. The Bertz CT molecular complexity index is 4110. The molecule has 348 valence electrons. The highest BCUT2D eigenvalue weighted by molar-refractivity contribution is 6.18. The summed E-state index contributed by atoms with van der Waals surface area (Å²) in [5, 5.41) is 12.8. The molecule has 3 atom stereocenters. The minimum atomic E-state index is -0.307. The average Bonchev–Trinajstić information content (AvgIpc) is 3.96. The number of hydrogen-bond acceptors (Lipinski definition) is 3. The first-order valence-corrected chi connectivity index (χ1v) is 26.5. The highest BCUT2D eigenvalue weighted by atomic mass is 15.2. The molecular formula is C67H55N5. The van der Waals surface area contributed by atoms with E-state index in [0.29, 0.717) is 11.8 Å². The van der Waals surface area contributed by atoms with E-state index in [2.05, 4.69) is 203 Å². The average molecular weight is 930 g/mol. The van der Waals surface area contributed by atoms with E-state index in [1.807, 2.05) is 0 Å². The number of fused-ring (bicyclic) bond motifs is 11. The van der Waals surface area contributed by atoms with E-state index in [9.17, 15) is 0 Å². The Morgan fingerprint density at radius 2 is 1.49 bits per heavy atom. The zero-order valence-electron chi connectivity index (χ0n) is 40.5. The van der Waals surface area contributed by atoms with Gasteiger partial charge in [0.15, 0.2) is 5.84 Å². The molecule has 0 amide bonds. The van der Waals surface area contributed by atoms with Crippen molar-refractivity contribution < 1.29 is 0 Å². The van der Waals surface area contributed by atoms with Gasteiger partial charge in [-0.25, -0.2) is 9.98 Å². The molecule has 3 unspecified atom stereocenters. The first-order valence-electron chi connectivity index (χ1n) is 26.5. The molecular weight excluding hydrogens is 875 g/mol. The second kappa shape index (κ2) is 16.8. The van der Waals surface area contributed by atoms with Crippen molar-refractivity contribution in [2.45, 2.75) is 76.3 Å². The van der Waals surface area contributed by atoms with E-state index in [4.69, 9.17) is 9.98 Å². The lowest BCUT2D eigenvalue weighted by Gasteiger charge is -2.26. The number of nitrogens with zero attached hydrogens (tertiary/aromatic N) is 4. The van der Waals surface area contributed by atoms with Crippen LogP contribution in [-0.2, 0) is 19.3 Å². The largest absolute Gasteiger partial charge is 0.344 e. The monoisotopic (exact) mass is 929 g/mol. The SMILES string of the molecule is C1=CCC2C=c3c(n(-c4ccc(C5=NC(c6cccc(C7CC=CCC7)c6)=NC(c6ccc7c(c6)C=CCC7)N5)c5ccccc45)c4ccc(-n5c6ccccc6c6c7c(ccc65)CCCC7)cc34)=CC2=C1. The maximum Gasteiger partial charge on any atom is 0.159 e. The van der Waals surface area contributed by atoms with Gasteiger partial charge < -0.3 is 14.5 Å². The van der Waals surface area contributed by atoms with Crippen LogP contribution in [0.15, 0.2) is 185 Å². The molecule has 5 aliphatic carbocycles. The summed E-state index contributed by atoms with van der Waals surface area (Å²) in [6, 6.07) is 50.6. The standard InChI is InChI=1S/C67H55N5/c1-2-15-42(16-3-1)46-22-14-23-49(37-46)65-68-66(50-30-29-43-17-4-5-19-45(43)38-50)70-67(69-65)55-33-36-60(54-26-11-10-25-53(54)55)72-61-35-32-51(41-58(61)57-39-47-20-6-7-21-48(47)40-63(57)72)71-59-28-13-12-27-56(59)64-52-24-9-8-18-44(52)31-34-62(64)71/h1-2,5-7,10-14,19,21-23,25-42,47,66H,3-4,8-9,15-18,20,24H2,(H,68,69,70). The highest BCUT2D eigenvalue weighted by Crippen LogP contribution is 2.40. The Hall–Kier alpha value is -8.02. The maximum absolute atomic E-state index is 5.47. The van der Waals surface area contributed by atoms with Crippen molar-refractivity contribution in [2.75, 3.05) is 0 Å². The summed E-state index contributed by atoms with van der Waals surface area (Å²) >= 11 is 0. The Morgan fingerprint density at radius 3 is 2.43 bits per heavy atom. The second-order valence-electron chi connectivity index (χ2n) is 20.9. The first-order chi connectivity index (χ1) is 35.7. The lowest BCUT2D eigenvalue weighted by molar-refractivity contribution is 0.617. The molecule has 1 N–H and O–H groups in total. The number of hydrogen-bond donors (Lipinski definition) is 1. The summed E-state index contributed by atoms with van der Waals surface area (Å²) in [6.45, 7) is 0. The molecule has 9 aromatic rings. The minimum Gasteiger partial charge on any atom is -0.344 e. The van der Waals surface area contributed by atoms with Crippen molar-refractivity contribution in [3.63, 3.8) is 0 Å². The van der Waals surface area contributed by atoms with E-state index in [-0.39, 0.29) is 6.17 Å². The van der Waals surface area contributed by atoms with Gasteiger partial charge in [-0.15, -0.1) is 0 Å². The van der Waals surface area contributed by atoms with Gasteiger partial charge >= 0.3 is 0 Å². The molecule has 72 heavy (non-hydrogen) atoms. The fraction of sp³-hybridized carbons (Fsp3) is 0.194. The van der Waals surface area contributed by atoms with E-state index in [1.165, 1.54) is 108 Å². The molecule has 15 rings (SSSR count). The normalized spacial score (nSPS) is 19.9. The minimum absolute atomic E-state index is 0.307. The molecule has 3 heterocycles. The van der Waals surface area contributed by atoms with Crippen molar-refractivity contribution in [1.29, 1.82) is 0 Å². The summed E-state index contributed by atoms with van der Waals surface area (Å²) in [5.41, 5.74) is 17.9. The van der Waals surface area contributed by atoms with Crippen molar-refractivity contribution in [2.24, 2.45) is 15.9 Å². The van der Waals surface area contributed by atoms with Gasteiger partial charge in [-0.05, 0) is 175 Å². The third-order valence-corrected chi connectivity index (χ3v) is 16.8. The van der Waals surface area contributed by atoms with Crippen LogP contribution in [0.3, 0.4) is 0 Å². The van der Waals surface area contributed by atoms with Gasteiger partial charge in [0.2, 0.25) is 0 Å². The number of allylic oxidation sites excluding steroid dienone is 7. The van der Waals surface area contributed by atoms with Gasteiger partial charge in [0.1, 0.15) is 12.0 Å². The van der Waals surface area contributed by atoms with Crippen LogP contribution < -0.4 is 15.9 Å². The number of rotatable bonds is 6. The molecule has 2 aromatic heterocycles. The van der Waals surface area contributed by atoms with Crippen LogP contribution in [0.2, 0.25) is 0 Å². The van der Waals surface area contributed by atoms with E-state index in [0.717, 1.165) is 78.0 Å². The van der Waals surface area contributed by atoms with Gasteiger partial charge in [-0.3, -0.25) is 0 Å². The molecule has 0 saturated heterocycles. The van der Waals surface area contributed by atoms with Crippen LogP contribution in [0.1, 0.15) is 102 Å². The summed E-state index contributed by atoms with van der Waals surface area (Å²) in [4.78, 5) is 10.9. The Morgan fingerprint density at radius 1 is 0.611 bits per heavy atom. The number of benzene rings is 7. The fourth-order valence-electron chi connectivity index (χ4n) is 13.2. The van der Waals surface area contributed by atoms with Crippen molar-refractivity contribution >= 4 is 73.4 Å². The molecule has 0 bridgehead atoms. The molecule has 0 spiro atoms. The number of amidine groups is 2. The van der Waals surface area contributed by atoms with Crippen LogP contribution in [0.4, 0.5) is 0 Å². The van der Waals surface area contributed by atoms with E-state index in [1.54, 1.807) is 5.56 Å². The van der Waals surface area contributed by atoms with Gasteiger partial charge in [0, 0.05) is 49.5 Å². The van der Waals surface area contributed by atoms with Gasteiger partial charge in [0.05, 0.1) is 27.6 Å². The first kappa shape index (κ1) is 41.7. The molecule has 5 heteroatoms. The molecule has 0 fully saturated rings. The zero-order valence-corrected chi connectivity index (χ0v) is 40.5. The number of aliphatic imine (C=N–C) groups is 2. The quantitative estimate of drug-likeness (QED) is 0.166. The number of para-hydroxylation sites is 1. The third kappa shape index (κ3) is 6.74.